The fourth-order valence-electron chi connectivity index (χ4n) is 6.73. The van der Waals surface area contributed by atoms with E-state index in [-0.39, 0.29) is 42.0 Å². The third-order valence-electron chi connectivity index (χ3n) is 8.07. The summed E-state index contributed by atoms with van der Waals surface area (Å²) in [5.41, 5.74) is 0.0224. The van der Waals surface area contributed by atoms with E-state index < -0.39 is 41.7 Å². The Morgan fingerprint density at radius 2 is 1.95 bits per heavy atom. The van der Waals surface area contributed by atoms with Gasteiger partial charge < -0.3 is 30.5 Å². The lowest BCUT2D eigenvalue weighted by Gasteiger charge is -2.58. The van der Waals surface area contributed by atoms with Crippen LogP contribution in [0.5, 0.6) is 0 Å². The highest BCUT2D eigenvalue weighted by atomic mass is 19.4. The van der Waals surface area contributed by atoms with Gasteiger partial charge in [0.05, 0.1) is 12.1 Å². The van der Waals surface area contributed by atoms with E-state index in [0.717, 1.165) is 24.2 Å². The lowest BCUT2D eigenvalue weighted by atomic mass is 9.52. The Balaban J connectivity index is 1.31. The molecule has 0 amide bonds. The van der Waals surface area contributed by atoms with Gasteiger partial charge in [0.1, 0.15) is 6.10 Å². The van der Waals surface area contributed by atoms with Crippen molar-refractivity contribution in [3.8, 4) is 0 Å². The first-order chi connectivity index (χ1) is 17.9. The number of rotatable bonds is 6. The van der Waals surface area contributed by atoms with Crippen molar-refractivity contribution in [3.63, 3.8) is 0 Å². The second-order valence-electron chi connectivity index (χ2n) is 11.0. The molecule has 3 heterocycles. The molecule has 0 aromatic carbocycles. The quantitative estimate of drug-likeness (QED) is 0.273. The highest BCUT2D eigenvalue weighted by molar-refractivity contribution is 5.76. The number of hydrogen-bond acceptors (Lipinski definition) is 10. The predicted octanol–water partition coefficient (Wildman–Crippen LogP) is 2.35. The largest absolute Gasteiger partial charge is 0.491 e. The second kappa shape index (κ2) is 8.66. The smallest absolute Gasteiger partial charge is 0.432 e. The van der Waals surface area contributed by atoms with Crippen LogP contribution in [0.4, 0.5) is 41.0 Å². The number of H-pyrrole nitrogens is 1. The molecule has 4 saturated carbocycles. The molecule has 4 atom stereocenters. The number of carbonyl (C=O) groups excluding carboxylic acids is 1. The number of alkyl halides is 3. The highest BCUT2D eigenvalue weighted by Gasteiger charge is 2.55. The molecule has 206 valence electrons. The first-order valence-corrected chi connectivity index (χ1v) is 12.5. The number of esters is 1. The van der Waals surface area contributed by atoms with Crippen LogP contribution in [0.25, 0.3) is 0 Å². The zero-order valence-corrected chi connectivity index (χ0v) is 20.3. The number of ether oxygens (including phenoxy) is 1. The van der Waals surface area contributed by atoms with Crippen molar-refractivity contribution in [1.82, 2.24) is 20.2 Å². The average Bonchev–Trinajstić information content (AvgIpc) is 3.23. The van der Waals surface area contributed by atoms with Gasteiger partial charge in [0.2, 0.25) is 18.0 Å². The van der Waals surface area contributed by atoms with E-state index in [1.54, 1.807) is 13.0 Å². The fourth-order valence-corrected chi connectivity index (χ4v) is 6.73. The molecule has 5 fully saturated rings. The van der Waals surface area contributed by atoms with Crippen LogP contribution < -0.4 is 15.5 Å². The normalized spacial score (nSPS) is 33.7. The van der Waals surface area contributed by atoms with Crippen molar-refractivity contribution >= 4 is 29.4 Å². The summed E-state index contributed by atoms with van der Waals surface area (Å²) >= 11 is 0. The minimum Gasteiger partial charge on any atom is -0.432 e. The number of aromatic amines is 1. The first kappa shape index (κ1) is 25.1. The van der Waals surface area contributed by atoms with Gasteiger partial charge in [-0.15, -0.1) is 0 Å². The molecule has 38 heavy (non-hydrogen) atoms. The second-order valence-corrected chi connectivity index (χ2v) is 11.0. The molecule has 5 aliphatic rings. The number of aromatic nitrogens is 4. The SMILES string of the molecule is Cc1cc(Nc2nc(NC3C4CC5CC3CC(O)(C5)C4)nc(N3CC(O)C3OC(=O)C(F)(F)F)c2F)n[nH]1. The molecule has 1 saturated heterocycles. The summed E-state index contributed by atoms with van der Waals surface area (Å²) in [6.45, 7) is 1.43. The molecule has 4 bridgehead atoms. The zero-order valence-electron chi connectivity index (χ0n) is 20.3. The van der Waals surface area contributed by atoms with Crippen molar-refractivity contribution in [2.24, 2.45) is 17.8 Å². The van der Waals surface area contributed by atoms with E-state index >= 15 is 4.39 Å². The van der Waals surface area contributed by atoms with Crippen LogP contribution in [0, 0.1) is 30.5 Å². The maximum absolute atomic E-state index is 15.6. The molecule has 15 heteroatoms. The Kier molecular flexibility index (Phi) is 5.72. The topological polar surface area (TPSA) is 149 Å². The molecule has 0 radical (unpaired) electrons. The number of aliphatic hydroxyl groups is 2. The molecule has 4 unspecified atom stereocenters. The van der Waals surface area contributed by atoms with Crippen LogP contribution >= 0.6 is 0 Å². The Morgan fingerprint density at radius 1 is 1.24 bits per heavy atom. The van der Waals surface area contributed by atoms with Crippen molar-refractivity contribution in [2.45, 2.75) is 69.2 Å². The summed E-state index contributed by atoms with van der Waals surface area (Å²) in [5.74, 6) is -3.21. The Bertz CT molecular complexity index is 1240. The number of nitrogens with zero attached hydrogens (tertiary/aromatic N) is 4. The predicted molar refractivity (Wildman–Crippen MR) is 124 cm³/mol. The van der Waals surface area contributed by atoms with Gasteiger partial charge in [-0.1, -0.05) is 0 Å². The van der Waals surface area contributed by atoms with Gasteiger partial charge in [-0.3, -0.25) is 5.10 Å². The molecular weight excluding hydrogens is 514 g/mol. The molecule has 2 aromatic rings. The summed E-state index contributed by atoms with van der Waals surface area (Å²) < 4.78 is 58.4. The molecule has 2 aromatic heterocycles. The first-order valence-electron chi connectivity index (χ1n) is 12.5. The van der Waals surface area contributed by atoms with E-state index in [1.807, 2.05) is 0 Å². The molecule has 11 nitrogen and oxygen atoms in total. The van der Waals surface area contributed by atoms with E-state index in [1.165, 1.54) is 0 Å². The monoisotopic (exact) mass is 541 g/mol. The van der Waals surface area contributed by atoms with Gasteiger partial charge in [-0.2, -0.15) is 32.6 Å². The Hall–Kier alpha value is -3.20. The third kappa shape index (κ3) is 4.40. The lowest BCUT2D eigenvalue weighted by Crippen LogP contribution is -2.63. The average molecular weight is 542 g/mol. The van der Waals surface area contributed by atoms with E-state index in [0.29, 0.717) is 24.5 Å². The van der Waals surface area contributed by atoms with Crippen molar-refractivity contribution in [1.29, 1.82) is 0 Å². The van der Waals surface area contributed by atoms with E-state index in [9.17, 15) is 28.2 Å². The van der Waals surface area contributed by atoms with Crippen LogP contribution in [0.1, 0.15) is 37.8 Å². The summed E-state index contributed by atoms with van der Waals surface area (Å²) in [6, 6.07) is 1.53. The molecule has 0 spiro atoms. The van der Waals surface area contributed by atoms with Crippen LogP contribution in [0.3, 0.4) is 0 Å². The standard InChI is InChI=1S/C23H27F4N7O4/c1-9-2-14(33-32-9)28-17-15(24)18(34-8-13(35)19(34)38-20(36)23(25,26)27)31-21(30-17)29-16-11-3-10-4-12(16)7-22(37,5-10)6-11/h2,10-13,16,19,35,37H,3-8H2,1H3,(H3,28,29,30,31,32,33). The summed E-state index contributed by atoms with van der Waals surface area (Å²) in [5, 5.41) is 33.7. The van der Waals surface area contributed by atoms with Gasteiger partial charge in [-0.05, 0) is 56.8 Å². The van der Waals surface area contributed by atoms with Gasteiger partial charge in [0.25, 0.3) is 0 Å². The van der Waals surface area contributed by atoms with Gasteiger partial charge in [-0.25, -0.2) is 4.79 Å². The Morgan fingerprint density at radius 3 is 2.53 bits per heavy atom. The fraction of sp³-hybridized carbons (Fsp3) is 0.652. The molecule has 4 aliphatic carbocycles. The summed E-state index contributed by atoms with van der Waals surface area (Å²) in [7, 11) is 0. The molecule has 1 aliphatic heterocycles. The minimum atomic E-state index is -5.29. The third-order valence-corrected chi connectivity index (χ3v) is 8.07. The van der Waals surface area contributed by atoms with E-state index in [2.05, 4.69) is 35.5 Å². The van der Waals surface area contributed by atoms with Crippen molar-refractivity contribution in [3.05, 3.63) is 17.6 Å². The van der Waals surface area contributed by atoms with Crippen LogP contribution in [-0.2, 0) is 9.53 Å². The molecular formula is C23H27F4N7O4. The number of hydrogen-bond donors (Lipinski definition) is 5. The van der Waals surface area contributed by atoms with Crippen molar-refractivity contribution < 1.29 is 37.3 Å². The highest BCUT2D eigenvalue weighted by Crippen LogP contribution is 2.56. The maximum atomic E-state index is 15.6. The minimum absolute atomic E-state index is 0.0166. The number of β-amino-alcohol motifs (C(OH)–C–C–N with tert-alkyl or cyclic N) is 1. The van der Waals surface area contributed by atoms with Gasteiger partial charge in [0, 0.05) is 17.8 Å². The Labute approximate surface area is 214 Å². The number of aliphatic hydroxyl groups excluding tert-OH is 1. The van der Waals surface area contributed by atoms with Crippen molar-refractivity contribution in [2.75, 3.05) is 22.1 Å². The van der Waals surface area contributed by atoms with Crippen LogP contribution in [-0.4, -0.2) is 73.0 Å². The summed E-state index contributed by atoms with van der Waals surface area (Å²) in [6.07, 6.45) is -4.58. The zero-order chi connectivity index (χ0) is 27.0. The summed E-state index contributed by atoms with van der Waals surface area (Å²) in [4.78, 5) is 20.9. The van der Waals surface area contributed by atoms with Crippen LogP contribution in [0.15, 0.2) is 6.07 Å². The maximum Gasteiger partial charge on any atom is 0.491 e. The van der Waals surface area contributed by atoms with Gasteiger partial charge >= 0.3 is 12.1 Å². The lowest BCUT2D eigenvalue weighted by molar-refractivity contribution is -0.213. The van der Waals surface area contributed by atoms with E-state index in [4.69, 9.17) is 0 Å². The molecule has 7 rings (SSSR count). The number of halogens is 4. The number of nitrogens with one attached hydrogen (secondary N) is 3. The van der Waals surface area contributed by atoms with Gasteiger partial charge in [0.15, 0.2) is 17.5 Å². The number of anilines is 4. The number of carbonyl (C=O) groups is 1. The van der Waals surface area contributed by atoms with Crippen LogP contribution in [0.2, 0.25) is 0 Å². The molecule has 5 N–H and O–H groups in total. The number of aryl methyl sites for hydroxylation is 1.